The van der Waals surface area contributed by atoms with Gasteiger partial charge in [-0.05, 0) is 25.1 Å². The highest BCUT2D eigenvalue weighted by Crippen LogP contribution is 2.26. The number of ether oxygens (including phenoxy) is 1. The van der Waals surface area contributed by atoms with Crippen LogP contribution in [0, 0.1) is 5.82 Å². The van der Waals surface area contributed by atoms with E-state index in [4.69, 9.17) is 4.74 Å². The van der Waals surface area contributed by atoms with Crippen LogP contribution in [0.2, 0.25) is 0 Å². The summed E-state index contributed by atoms with van der Waals surface area (Å²) in [6.45, 7) is 1.89. The maximum atomic E-state index is 13.9. The minimum absolute atomic E-state index is 0.158. The molecule has 0 spiro atoms. The zero-order valence-corrected chi connectivity index (χ0v) is 12.0. The molecule has 4 nitrogen and oxygen atoms in total. The quantitative estimate of drug-likeness (QED) is 0.919. The third kappa shape index (κ3) is 3.44. The molecule has 0 saturated heterocycles. The van der Waals surface area contributed by atoms with Crippen LogP contribution in [-0.4, -0.2) is 24.5 Å². The number of amides is 1. The molecule has 1 amide bonds. The van der Waals surface area contributed by atoms with Gasteiger partial charge in [0, 0.05) is 30.6 Å². The Kier molecular flexibility index (Phi) is 4.65. The lowest BCUT2D eigenvalue weighted by atomic mass is 9.95. The van der Waals surface area contributed by atoms with Crippen LogP contribution in [0.25, 0.3) is 0 Å². The normalized spacial score (nSPS) is 13.5. The second-order valence-corrected chi connectivity index (χ2v) is 4.83. The van der Waals surface area contributed by atoms with Crippen molar-refractivity contribution >= 4 is 5.91 Å². The number of halogens is 1. The molecule has 0 aliphatic heterocycles. The smallest absolute Gasteiger partial charge is 0.251 e. The summed E-state index contributed by atoms with van der Waals surface area (Å²) < 4.78 is 19.3. The molecule has 0 bridgehead atoms. The Bertz CT molecular complexity index is 619. The van der Waals surface area contributed by atoms with E-state index in [9.17, 15) is 9.18 Å². The number of carbonyl (C=O) groups is 1. The molecule has 1 atom stereocenters. The van der Waals surface area contributed by atoms with Gasteiger partial charge in [0.05, 0.1) is 6.54 Å². The van der Waals surface area contributed by atoms with E-state index in [0.717, 1.165) is 0 Å². The van der Waals surface area contributed by atoms with Crippen molar-refractivity contribution in [2.75, 3.05) is 13.7 Å². The summed E-state index contributed by atoms with van der Waals surface area (Å²) >= 11 is 0. The number of benzene rings is 1. The maximum absolute atomic E-state index is 13.9. The number of nitrogens with zero attached hydrogens (tertiary/aromatic N) is 1. The molecule has 1 unspecified atom stereocenters. The molecule has 1 N–H and O–H groups in total. The van der Waals surface area contributed by atoms with E-state index in [1.165, 1.54) is 13.2 Å². The summed E-state index contributed by atoms with van der Waals surface area (Å²) in [6.07, 6.45) is 3.09. The van der Waals surface area contributed by atoms with Crippen LogP contribution >= 0.6 is 0 Å². The molecule has 2 rings (SSSR count). The number of pyridine rings is 1. The monoisotopic (exact) mass is 288 g/mol. The Morgan fingerprint density at radius 2 is 1.95 bits per heavy atom. The van der Waals surface area contributed by atoms with Crippen LogP contribution in [0.1, 0.15) is 22.8 Å². The van der Waals surface area contributed by atoms with Crippen LogP contribution in [0.4, 0.5) is 4.39 Å². The van der Waals surface area contributed by atoms with Crippen LogP contribution in [0.15, 0.2) is 48.8 Å². The van der Waals surface area contributed by atoms with Crippen LogP contribution in [0.5, 0.6) is 0 Å². The second-order valence-electron chi connectivity index (χ2n) is 4.83. The Morgan fingerprint density at radius 1 is 1.29 bits per heavy atom. The third-order valence-electron chi connectivity index (χ3n) is 3.42. The highest BCUT2D eigenvalue weighted by Gasteiger charge is 2.29. The summed E-state index contributed by atoms with van der Waals surface area (Å²) in [5, 5.41) is 2.76. The van der Waals surface area contributed by atoms with Gasteiger partial charge in [0.25, 0.3) is 5.91 Å². The van der Waals surface area contributed by atoms with E-state index < -0.39 is 5.60 Å². The lowest BCUT2D eigenvalue weighted by Gasteiger charge is -2.29. The Morgan fingerprint density at radius 3 is 2.57 bits per heavy atom. The minimum atomic E-state index is -0.936. The molecule has 5 heteroatoms. The summed E-state index contributed by atoms with van der Waals surface area (Å²) in [6, 6.07) is 9.60. The van der Waals surface area contributed by atoms with Gasteiger partial charge < -0.3 is 10.1 Å². The number of carbonyl (C=O) groups excluding carboxylic acids is 1. The van der Waals surface area contributed by atoms with E-state index in [0.29, 0.717) is 11.1 Å². The first-order valence-electron chi connectivity index (χ1n) is 6.55. The SMILES string of the molecule is COC(C)(CNC(=O)c1ccncc1)c1ccccc1F. The molecule has 1 heterocycles. The van der Waals surface area contributed by atoms with Crippen LogP contribution in [0.3, 0.4) is 0 Å². The van der Waals surface area contributed by atoms with Gasteiger partial charge in [-0.2, -0.15) is 0 Å². The first kappa shape index (κ1) is 15.1. The largest absolute Gasteiger partial charge is 0.372 e. The van der Waals surface area contributed by atoms with E-state index in [2.05, 4.69) is 10.3 Å². The number of methoxy groups -OCH3 is 1. The second kappa shape index (κ2) is 6.45. The fourth-order valence-electron chi connectivity index (χ4n) is 2.02. The van der Waals surface area contributed by atoms with Gasteiger partial charge in [-0.15, -0.1) is 0 Å². The van der Waals surface area contributed by atoms with Crippen molar-refractivity contribution in [3.05, 3.63) is 65.7 Å². The first-order valence-corrected chi connectivity index (χ1v) is 6.55. The van der Waals surface area contributed by atoms with Crippen molar-refractivity contribution in [2.45, 2.75) is 12.5 Å². The first-order chi connectivity index (χ1) is 10.1. The van der Waals surface area contributed by atoms with Crippen molar-refractivity contribution in [3.63, 3.8) is 0 Å². The molecule has 1 aromatic heterocycles. The van der Waals surface area contributed by atoms with E-state index in [1.54, 1.807) is 49.6 Å². The Hall–Kier alpha value is -2.27. The standard InChI is InChI=1S/C16H17FN2O2/c1-16(21-2,13-5-3-4-6-14(13)17)11-19-15(20)12-7-9-18-10-8-12/h3-10H,11H2,1-2H3,(H,19,20). The highest BCUT2D eigenvalue weighted by atomic mass is 19.1. The molecule has 0 aliphatic carbocycles. The van der Waals surface area contributed by atoms with Gasteiger partial charge in [0.1, 0.15) is 11.4 Å². The van der Waals surface area contributed by atoms with E-state index >= 15 is 0 Å². The fraction of sp³-hybridized carbons (Fsp3) is 0.250. The molecular formula is C16H17FN2O2. The Balaban J connectivity index is 2.13. The zero-order chi connectivity index (χ0) is 15.3. The van der Waals surface area contributed by atoms with Crippen molar-refractivity contribution in [2.24, 2.45) is 0 Å². The molecule has 0 saturated carbocycles. The average Bonchev–Trinajstić information content (AvgIpc) is 2.53. The van der Waals surface area contributed by atoms with Crippen molar-refractivity contribution in [3.8, 4) is 0 Å². The van der Waals surface area contributed by atoms with Crippen LogP contribution < -0.4 is 5.32 Å². The number of hydrogen-bond acceptors (Lipinski definition) is 3. The molecule has 110 valence electrons. The number of aromatic nitrogens is 1. The summed E-state index contributed by atoms with van der Waals surface area (Å²) in [4.78, 5) is 15.9. The molecule has 0 fully saturated rings. The van der Waals surface area contributed by atoms with Crippen molar-refractivity contribution < 1.29 is 13.9 Å². The lowest BCUT2D eigenvalue weighted by molar-refractivity contribution is 0.000388. The topological polar surface area (TPSA) is 51.2 Å². The molecular weight excluding hydrogens is 271 g/mol. The van der Waals surface area contributed by atoms with Gasteiger partial charge in [0.15, 0.2) is 0 Å². The van der Waals surface area contributed by atoms with Crippen LogP contribution in [-0.2, 0) is 10.3 Å². The number of rotatable bonds is 5. The molecule has 0 aliphatic rings. The van der Waals surface area contributed by atoms with Gasteiger partial charge in [-0.3, -0.25) is 9.78 Å². The summed E-state index contributed by atoms with van der Waals surface area (Å²) in [5.41, 5.74) is -0.0341. The van der Waals surface area contributed by atoms with Gasteiger partial charge in [-0.1, -0.05) is 18.2 Å². The van der Waals surface area contributed by atoms with E-state index in [-0.39, 0.29) is 18.3 Å². The van der Waals surface area contributed by atoms with Crippen molar-refractivity contribution in [1.82, 2.24) is 10.3 Å². The van der Waals surface area contributed by atoms with Gasteiger partial charge in [-0.25, -0.2) is 4.39 Å². The fourth-order valence-corrected chi connectivity index (χ4v) is 2.02. The van der Waals surface area contributed by atoms with E-state index in [1.807, 2.05) is 0 Å². The van der Waals surface area contributed by atoms with Gasteiger partial charge >= 0.3 is 0 Å². The zero-order valence-electron chi connectivity index (χ0n) is 12.0. The molecule has 1 aromatic carbocycles. The number of hydrogen-bond donors (Lipinski definition) is 1. The molecule has 21 heavy (non-hydrogen) atoms. The summed E-state index contributed by atoms with van der Waals surface area (Å²) in [7, 11) is 1.49. The predicted molar refractivity (Wildman–Crippen MR) is 77.3 cm³/mol. The maximum Gasteiger partial charge on any atom is 0.251 e. The predicted octanol–water partition coefficient (Wildman–Crippen LogP) is 2.51. The number of nitrogens with one attached hydrogen (secondary N) is 1. The molecule has 2 aromatic rings. The average molecular weight is 288 g/mol. The molecule has 0 radical (unpaired) electrons. The lowest BCUT2D eigenvalue weighted by Crippen LogP contribution is -2.40. The summed E-state index contributed by atoms with van der Waals surface area (Å²) in [5.74, 6) is -0.614. The van der Waals surface area contributed by atoms with Gasteiger partial charge in [0.2, 0.25) is 0 Å². The minimum Gasteiger partial charge on any atom is -0.372 e. The van der Waals surface area contributed by atoms with Crippen molar-refractivity contribution in [1.29, 1.82) is 0 Å². The highest BCUT2D eigenvalue weighted by molar-refractivity contribution is 5.94. The third-order valence-corrected chi connectivity index (χ3v) is 3.42. The Labute approximate surface area is 123 Å².